The Kier molecular flexibility index (Phi) is 6.74. The molecule has 2 rings (SSSR count). The highest BCUT2D eigenvalue weighted by molar-refractivity contribution is 6.08. The van der Waals surface area contributed by atoms with Gasteiger partial charge in [0.15, 0.2) is 6.04 Å². The molecule has 0 aromatic heterocycles. The fourth-order valence-electron chi connectivity index (χ4n) is 2.72. The van der Waals surface area contributed by atoms with E-state index in [0.29, 0.717) is 11.3 Å². The molecule has 1 aromatic rings. The number of rotatable bonds is 6. The normalized spacial score (nSPS) is 17.1. The van der Waals surface area contributed by atoms with Crippen molar-refractivity contribution in [3.8, 4) is 5.75 Å². The van der Waals surface area contributed by atoms with Crippen LogP contribution in [-0.4, -0.2) is 54.1 Å². The fourth-order valence-corrected chi connectivity index (χ4v) is 2.72. The van der Waals surface area contributed by atoms with Gasteiger partial charge in [0, 0.05) is 19.7 Å². The summed E-state index contributed by atoms with van der Waals surface area (Å²) >= 11 is 0. The summed E-state index contributed by atoms with van der Waals surface area (Å²) in [5.41, 5.74) is 1.69. The van der Waals surface area contributed by atoms with Crippen molar-refractivity contribution in [3.63, 3.8) is 0 Å². The van der Waals surface area contributed by atoms with E-state index in [1.807, 2.05) is 6.08 Å². The second-order valence-corrected chi connectivity index (χ2v) is 5.95. The fraction of sp³-hybridized carbons (Fsp3) is 0.389. The van der Waals surface area contributed by atoms with Crippen LogP contribution >= 0.6 is 0 Å². The van der Waals surface area contributed by atoms with Gasteiger partial charge >= 0.3 is 0 Å². The van der Waals surface area contributed by atoms with Crippen molar-refractivity contribution in [3.05, 3.63) is 42.0 Å². The molecule has 1 aliphatic carbocycles. The van der Waals surface area contributed by atoms with Crippen LogP contribution in [0.5, 0.6) is 5.75 Å². The first-order valence-corrected chi connectivity index (χ1v) is 8.34. The van der Waals surface area contributed by atoms with Crippen LogP contribution in [0.2, 0.25) is 0 Å². The molecule has 0 saturated carbocycles. The number of ether oxygens (including phenoxy) is 1. The molecule has 0 fully saturated rings. The molecule has 26 heavy (non-hydrogen) atoms. The van der Waals surface area contributed by atoms with Gasteiger partial charge in [-0.1, -0.05) is 6.08 Å². The minimum atomic E-state index is -1.49. The molecule has 0 aliphatic heterocycles. The first kappa shape index (κ1) is 19.5. The third-order valence-corrected chi connectivity index (χ3v) is 4.16. The summed E-state index contributed by atoms with van der Waals surface area (Å²) in [5.74, 6) is -1.61. The third kappa shape index (κ3) is 4.60. The van der Waals surface area contributed by atoms with Crippen LogP contribution in [0.3, 0.4) is 0 Å². The molecule has 140 valence electrons. The second-order valence-electron chi connectivity index (χ2n) is 5.95. The number of carbonyl (C=O) groups is 3. The van der Waals surface area contributed by atoms with Gasteiger partial charge in [-0.2, -0.15) is 0 Å². The molecule has 3 N–H and O–H groups in total. The van der Waals surface area contributed by atoms with Crippen LogP contribution in [0.1, 0.15) is 29.6 Å². The number of hydroxylamine groups is 1. The zero-order chi connectivity index (χ0) is 19.1. The van der Waals surface area contributed by atoms with Crippen LogP contribution in [-0.2, 0) is 9.59 Å². The van der Waals surface area contributed by atoms with Gasteiger partial charge in [0.1, 0.15) is 11.9 Å². The Labute approximate surface area is 151 Å². The van der Waals surface area contributed by atoms with E-state index in [4.69, 9.17) is 9.94 Å². The topological polar surface area (TPSA) is 108 Å². The molecule has 2 unspecified atom stereocenters. The molecule has 0 radical (unpaired) electrons. The molecule has 8 heteroatoms. The van der Waals surface area contributed by atoms with Gasteiger partial charge in [-0.25, -0.2) is 5.48 Å². The Morgan fingerprint density at radius 2 is 1.92 bits per heavy atom. The Balaban J connectivity index is 2.09. The molecule has 0 spiro atoms. The van der Waals surface area contributed by atoms with Gasteiger partial charge < -0.3 is 15.0 Å². The SMILES string of the molecule is CNC(=O)C(C(=O)NO)N(C)C(=O)c1ccc(OC2C=CCCC2)cc1. The molecular formula is C18H23N3O5. The number of hydrogen-bond acceptors (Lipinski definition) is 5. The van der Waals surface area contributed by atoms with E-state index < -0.39 is 23.8 Å². The minimum absolute atomic E-state index is 0.0267. The summed E-state index contributed by atoms with van der Waals surface area (Å²) in [7, 11) is 2.65. The number of hydrogen-bond donors (Lipinski definition) is 3. The number of nitrogens with zero attached hydrogens (tertiary/aromatic N) is 1. The molecule has 0 saturated heterocycles. The molecule has 0 bridgehead atoms. The largest absolute Gasteiger partial charge is 0.486 e. The van der Waals surface area contributed by atoms with Crippen molar-refractivity contribution in [2.24, 2.45) is 0 Å². The van der Waals surface area contributed by atoms with E-state index >= 15 is 0 Å². The van der Waals surface area contributed by atoms with E-state index in [1.54, 1.807) is 24.3 Å². The van der Waals surface area contributed by atoms with Gasteiger partial charge in [0.2, 0.25) is 0 Å². The van der Waals surface area contributed by atoms with E-state index in [2.05, 4.69) is 11.4 Å². The number of amides is 3. The van der Waals surface area contributed by atoms with Gasteiger partial charge in [0.05, 0.1) is 0 Å². The van der Waals surface area contributed by atoms with Gasteiger partial charge in [-0.15, -0.1) is 0 Å². The smallest absolute Gasteiger partial charge is 0.275 e. The summed E-state index contributed by atoms with van der Waals surface area (Å²) in [4.78, 5) is 37.1. The molecule has 3 amide bonds. The minimum Gasteiger partial charge on any atom is -0.486 e. The van der Waals surface area contributed by atoms with E-state index in [-0.39, 0.29) is 6.10 Å². The van der Waals surface area contributed by atoms with Crippen LogP contribution in [0.25, 0.3) is 0 Å². The Hall–Kier alpha value is -2.87. The molecule has 8 nitrogen and oxygen atoms in total. The summed E-state index contributed by atoms with van der Waals surface area (Å²) < 4.78 is 5.84. The number of nitrogens with one attached hydrogen (secondary N) is 2. The number of benzene rings is 1. The monoisotopic (exact) mass is 361 g/mol. The molecule has 0 heterocycles. The third-order valence-electron chi connectivity index (χ3n) is 4.16. The second kappa shape index (κ2) is 9.00. The molecule has 1 aliphatic rings. The first-order valence-electron chi connectivity index (χ1n) is 8.34. The highest BCUT2D eigenvalue weighted by Crippen LogP contribution is 2.20. The van der Waals surface area contributed by atoms with Crippen LogP contribution < -0.4 is 15.5 Å². The maximum absolute atomic E-state index is 12.6. The standard InChI is InChI=1S/C18H23N3O5/c1-19-16(22)15(17(23)20-25)21(2)18(24)12-8-10-14(11-9-12)26-13-6-4-3-5-7-13/h4,6,8-11,13,15,25H,3,5,7H2,1-2H3,(H,19,22)(H,20,23). The lowest BCUT2D eigenvalue weighted by Crippen LogP contribution is -2.54. The summed E-state index contributed by atoms with van der Waals surface area (Å²) in [6.07, 6.45) is 7.23. The quantitative estimate of drug-likeness (QED) is 0.302. The first-order chi connectivity index (χ1) is 12.5. The van der Waals surface area contributed by atoms with E-state index in [9.17, 15) is 14.4 Å². The van der Waals surface area contributed by atoms with Crippen molar-refractivity contribution in [2.45, 2.75) is 31.4 Å². The molecule has 1 aromatic carbocycles. The lowest BCUT2D eigenvalue weighted by atomic mass is 10.1. The van der Waals surface area contributed by atoms with Crippen molar-refractivity contribution in [2.75, 3.05) is 14.1 Å². The number of carbonyl (C=O) groups excluding carboxylic acids is 3. The highest BCUT2D eigenvalue weighted by atomic mass is 16.5. The van der Waals surface area contributed by atoms with Crippen LogP contribution in [0, 0.1) is 0 Å². The lowest BCUT2D eigenvalue weighted by Gasteiger charge is -2.25. The number of allylic oxidation sites excluding steroid dienone is 1. The predicted molar refractivity (Wildman–Crippen MR) is 93.7 cm³/mol. The Bertz CT molecular complexity index is 671. The Morgan fingerprint density at radius 3 is 2.46 bits per heavy atom. The van der Waals surface area contributed by atoms with E-state index in [0.717, 1.165) is 24.2 Å². The van der Waals surface area contributed by atoms with Gasteiger partial charge in [0.25, 0.3) is 17.7 Å². The van der Waals surface area contributed by atoms with Crippen molar-refractivity contribution in [1.29, 1.82) is 0 Å². The lowest BCUT2D eigenvalue weighted by molar-refractivity contribution is -0.140. The number of likely N-dealkylation sites (N-methyl/N-ethyl adjacent to an activating group) is 2. The zero-order valence-electron chi connectivity index (χ0n) is 14.8. The predicted octanol–water partition coefficient (Wildman–Crippen LogP) is 0.866. The maximum Gasteiger partial charge on any atom is 0.275 e. The summed E-state index contributed by atoms with van der Waals surface area (Å²) in [6, 6.07) is 4.99. The Morgan fingerprint density at radius 1 is 1.23 bits per heavy atom. The van der Waals surface area contributed by atoms with Crippen molar-refractivity contribution >= 4 is 17.7 Å². The summed E-state index contributed by atoms with van der Waals surface area (Å²) in [6.45, 7) is 0. The zero-order valence-corrected chi connectivity index (χ0v) is 14.8. The molecule has 2 atom stereocenters. The van der Waals surface area contributed by atoms with Gasteiger partial charge in [-0.05, 0) is 49.6 Å². The van der Waals surface area contributed by atoms with Crippen molar-refractivity contribution in [1.82, 2.24) is 15.7 Å². The average Bonchev–Trinajstić information content (AvgIpc) is 2.68. The summed E-state index contributed by atoms with van der Waals surface area (Å²) in [5, 5.41) is 11.1. The maximum atomic E-state index is 12.6. The average molecular weight is 361 g/mol. The van der Waals surface area contributed by atoms with E-state index in [1.165, 1.54) is 19.6 Å². The van der Waals surface area contributed by atoms with Gasteiger partial charge in [-0.3, -0.25) is 19.6 Å². The van der Waals surface area contributed by atoms with Crippen molar-refractivity contribution < 1.29 is 24.3 Å². The molecular weight excluding hydrogens is 338 g/mol. The van der Waals surface area contributed by atoms with Crippen LogP contribution in [0.15, 0.2) is 36.4 Å². The van der Waals surface area contributed by atoms with Crippen LogP contribution in [0.4, 0.5) is 0 Å². The highest BCUT2D eigenvalue weighted by Gasteiger charge is 2.33.